The molecule has 0 unspecified atom stereocenters. The van der Waals surface area contributed by atoms with Gasteiger partial charge in [-0.3, -0.25) is 4.68 Å². The number of fused-ring (bicyclic) bond motifs is 1. The molecule has 0 aliphatic heterocycles. The Morgan fingerprint density at radius 2 is 1.65 bits per heavy atom. The van der Waals surface area contributed by atoms with E-state index in [0.29, 0.717) is 33.9 Å². The van der Waals surface area contributed by atoms with E-state index in [4.69, 9.17) is 40.9 Å². The Hall–Kier alpha value is -3.23. The number of benzene rings is 2. The first-order chi connectivity index (χ1) is 16.0. The van der Waals surface area contributed by atoms with Crippen molar-refractivity contribution < 1.29 is 14.2 Å². The minimum atomic E-state index is 0. The largest absolute Gasteiger partial charge is 0.495 e. The van der Waals surface area contributed by atoms with Gasteiger partial charge in [0.05, 0.1) is 32.0 Å². The summed E-state index contributed by atoms with van der Waals surface area (Å²) in [7, 11) is 6.69. The van der Waals surface area contributed by atoms with E-state index >= 15 is 0 Å². The summed E-state index contributed by atoms with van der Waals surface area (Å²) in [5, 5.41) is 8.60. The molecule has 34 heavy (non-hydrogen) atoms. The average Bonchev–Trinajstić information content (AvgIpc) is 3.14. The average molecular weight is 504 g/mol. The quantitative estimate of drug-likeness (QED) is 0.323. The Kier molecular flexibility index (Phi) is 8.06. The molecular weight excluding hydrogens is 477 g/mol. The number of hydrogen-bond acceptors (Lipinski definition) is 7. The van der Waals surface area contributed by atoms with Crippen LogP contribution in [0.2, 0.25) is 5.02 Å². The molecule has 0 spiro atoms. The highest BCUT2D eigenvalue weighted by Gasteiger charge is 2.19. The summed E-state index contributed by atoms with van der Waals surface area (Å²) >= 11 is 6.34. The second-order valence-corrected chi connectivity index (χ2v) is 7.86. The standard InChI is InChI=1S/C24H26ClN5O3.ClH/c1-6-7-17-21-22(30(2)29-17)24(26-15-9-11-18(31-3)16(25)13-15)28-23(27-21)14-8-10-19(32-4)20(12-14)33-5;/h8-13H,6-7H2,1-5H3,(H,26,27,28);1H. The molecule has 8 nitrogen and oxygen atoms in total. The number of hydrogen-bond donors (Lipinski definition) is 1. The highest BCUT2D eigenvalue weighted by Crippen LogP contribution is 2.35. The van der Waals surface area contributed by atoms with Crippen molar-refractivity contribution in [3.05, 3.63) is 47.1 Å². The third kappa shape index (κ3) is 4.83. The fourth-order valence-electron chi connectivity index (χ4n) is 3.72. The molecule has 0 saturated carbocycles. The molecule has 10 heteroatoms. The Morgan fingerprint density at radius 1 is 0.941 bits per heavy atom. The lowest BCUT2D eigenvalue weighted by atomic mass is 10.1. The van der Waals surface area contributed by atoms with E-state index in [-0.39, 0.29) is 12.4 Å². The number of anilines is 2. The number of aryl methyl sites for hydroxylation is 2. The van der Waals surface area contributed by atoms with Gasteiger partial charge in [0.2, 0.25) is 0 Å². The lowest BCUT2D eigenvalue weighted by Crippen LogP contribution is -2.02. The number of nitrogens with zero attached hydrogens (tertiary/aromatic N) is 4. The van der Waals surface area contributed by atoms with E-state index in [2.05, 4.69) is 12.2 Å². The van der Waals surface area contributed by atoms with Gasteiger partial charge in [0.1, 0.15) is 16.8 Å². The molecule has 4 aromatic rings. The molecule has 180 valence electrons. The van der Waals surface area contributed by atoms with E-state index in [1.54, 1.807) is 27.4 Å². The van der Waals surface area contributed by atoms with Crippen molar-refractivity contribution in [3.63, 3.8) is 0 Å². The molecule has 0 atom stereocenters. The van der Waals surface area contributed by atoms with Gasteiger partial charge in [0.25, 0.3) is 0 Å². The predicted molar refractivity (Wildman–Crippen MR) is 137 cm³/mol. The van der Waals surface area contributed by atoms with Gasteiger partial charge in [0.15, 0.2) is 23.1 Å². The zero-order valence-electron chi connectivity index (χ0n) is 19.7. The van der Waals surface area contributed by atoms with Crippen LogP contribution >= 0.6 is 24.0 Å². The second kappa shape index (κ2) is 10.8. The van der Waals surface area contributed by atoms with Crippen LogP contribution in [-0.2, 0) is 13.5 Å². The second-order valence-electron chi connectivity index (χ2n) is 7.46. The minimum absolute atomic E-state index is 0. The molecule has 4 rings (SSSR count). The molecule has 0 bridgehead atoms. The van der Waals surface area contributed by atoms with Crippen LogP contribution in [-0.4, -0.2) is 41.1 Å². The number of aromatic nitrogens is 4. The third-order valence-corrected chi connectivity index (χ3v) is 5.59. The van der Waals surface area contributed by atoms with Gasteiger partial charge in [-0.15, -0.1) is 12.4 Å². The highest BCUT2D eigenvalue weighted by atomic mass is 35.5. The van der Waals surface area contributed by atoms with Crippen LogP contribution in [0, 0.1) is 0 Å². The Labute approximate surface area is 209 Å². The lowest BCUT2D eigenvalue weighted by molar-refractivity contribution is 0.355. The van der Waals surface area contributed by atoms with Gasteiger partial charge in [0, 0.05) is 18.3 Å². The van der Waals surface area contributed by atoms with Crippen LogP contribution in [0.5, 0.6) is 17.2 Å². The van der Waals surface area contributed by atoms with Gasteiger partial charge in [-0.25, -0.2) is 9.97 Å². The first-order valence-corrected chi connectivity index (χ1v) is 10.9. The maximum atomic E-state index is 6.34. The van der Waals surface area contributed by atoms with E-state index < -0.39 is 0 Å². The van der Waals surface area contributed by atoms with Crippen LogP contribution in [0.3, 0.4) is 0 Å². The van der Waals surface area contributed by atoms with Crippen molar-refractivity contribution in [1.82, 2.24) is 19.7 Å². The Morgan fingerprint density at radius 3 is 2.29 bits per heavy atom. The van der Waals surface area contributed by atoms with Crippen LogP contribution < -0.4 is 19.5 Å². The lowest BCUT2D eigenvalue weighted by Gasteiger charge is -2.13. The topological polar surface area (TPSA) is 83.3 Å². The van der Waals surface area contributed by atoms with Crippen molar-refractivity contribution in [2.75, 3.05) is 26.6 Å². The van der Waals surface area contributed by atoms with Gasteiger partial charge < -0.3 is 19.5 Å². The van der Waals surface area contributed by atoms with Gasteiger partial charge in [-0.05, 0) is 42.8 Å². The number of nitrogens with one attached hydrogen (secondary N) is 1. The first kappa shape index (κ1) is 25.4. The Balaban J connectivity index is 0.00000324. The molecule has 0 amide bonds. The SMILES string of the molecule is CCCc1nn(C)c2c(Nc3ccc(OC)c(Cl)c3)nc(-c3ccc(OC)c(OC)c3)nc12.Cl. The third-order valence-electron chi connectivity index (χ3n) is 5.29. The molecule has 0 radical (unpaired) electrons. The maximum absolute atomic E-state index is 6.34. The summed E-state index contributed by atoms with van der Waals surface area (Å²) < 4.78 is 17.9. The van der Waals surface area contributed by atoms with E-state index in [1.165, 1.54) is 0 Å². The maximum Gasteiger partial charge on any atom is 0.162 e. The molecule has 0 aliphatic rings. The van der Waals surface area contributed by atoms with Crippen molar-refractivity contribution in [1.29, 1.82) is 0 Å². The number of rotatable bonds is 8. The molecule has 0 saturated heterocycles. The van der Waals surface area contributed by atoms with Gasteiger partial charge in [-0.2, -0.15) is 5.10 Å². The Bertz CT molecular complexity index is 1310. The summed E-state index contributed by atoms with van der Waals surface area (Å²) in [5.41, 5.74) is 4.12. The van der Waals surface area contributed by atoms with Gasteiger partial charge in [-0.1, -0.05) is 24.9 Å². The van der Waals surface area contributed by atoms with Crippen molar-refractivity contribution in [2.24, 2.45) is 7.05 Å². The highest BCUT2D eigenvalue weighted by molar-refractivity contribution is 6.32. The van der Waals surface area contributed by atoms with Crippen LogP contribution in [0.4, 0.5) is 11.5 Å². The molecule has 2 aromatic heterocycles. The van der Waals surface area contributed by atoms with Crippen molar-refractivity contribution in [2.45, 2.75) is 19.8 Å². The normalized spacial score (nSPS) is 10.6. The first-order valence-electron chi connectivity index (χ1n) is 10.6. The number of methoxy groups -OCH3 is 3. The molecule has 2 aromatic carbocycles. The van der Waals surface area contributed by atoms with Crippen LogP contribution in [0.1, 0.15) is 19.0 Å². The van der Waals surface area contributed by atoms with Crippen molar-refractivity contribution >= 4 is 46.5 Å². The van der Waals surface area contributed by atoms with E-state index in [9.17, 15) is 0 Å². The summed E-state index contributed by atoms with van der Waals surface area (Å²) in [6, 6.07) is 11.1. The molecular formula is C24H27Cl2N5O3. The summed E-state index contributed by atoms with van der Waals surface area (Å²) in [4.78, 5) is 9.74. The zero-order chi connectivity index (χ0) is 23.5. The smallest absolute Gasteiger partial charge is 0.162 e. The van der Waals surface area contributed by atoms with E-state index in [1.807, 2.05) is 42.1 Å². The number of halogens is 2. The fourth-order valence-corrected chi connectivity index (χ4v) is 3.98. The van der Waals surface area contributed by atoms with Crippen LogP contribution in [0.15, 0.2) is 36.4 Å². The van der Waals surface area contributed by atoms with Crippen LogP contribution in [0.25, 0.3) is 22.4 Å². The van der Waals surface area contributed by atoms with Gasteiger partial charge >= 0.3 is 0 Å². The number of ether oxygens (including phenoxy) is 3. The summed E-state index contributed by atoms with van der Waals surface area (Å²) in [6.45, 7) is 2.12. The monoisotopic (exact) mass is 503 g/mol. The summed E-state index contributed by atoms with van der Waals surface area (Å²) in [6.07, 6.45) is 1.77. The predicted octanol–water partition coefficient (Wildman–Crippen LogP) is 5.83. The molecule has 2 heterocycles. The zero-order valence-corrected chi connectivity index (χ0v) is 21.3. The van der Waals surface area contributed by atoms with E-state index in [0.717, 1.165) is 40.8 Å². The van der Waals surface area contributed by atoms with Crippen molar-refractivity contribution in [3.8, 4) is 28.6 Å². The molecule has 0 fully saturated rings. The molecule has 1 N–H and O–H groups in total. The fraction of sp³-hybridized carbons (Fsp3) is 0.292. The summed E-state index contributed by atoms with van der Waals surface area (Å²) in [5.74, 6) is 3.03. The minimum Gasteiger partial charge on any atom is -0.495 e. The molecule has 0 aliphatic carbocycles.